The van der Waals surface area contributed by atoms with Gasteiger partial charge in [0.15, 0.2) is 17.3 Å². The Balaban J connectivity index is 2.13. The highest BCUT2D eigenvalue weighted by Gasteiger charge is 2.26. The highest BCUT2D eigenvalue weighted by atomic mass is 32.2. The molecule has 134 valence electrons. The SMILES string of the molecule is COc1cc(C(C)=O)ccc1OCc1ccc(S(=O)(=O)C(F)F)cc1. The Morgan fingerprint density at radius 1 is 1.08 bits per heavy atom. The molecule has 0 saturated heterocycles. The van der Waals surface area contributed by atoms with Crippen molar-refractivity contribution in [3.8, 4) is 11.5 Å². The van der Waals surface area contributed by atoms with Crippen LogP contribution in [-0.2, 0) is 16.4 Å². The number of hydrogen-bond donors (Lipinski definition) is 0. The summed E-state index contributed by atoms with van der Waals surface area (Å²) in [7, 11) is -3.17. The molecule has 0 aliphatic rings. The van der Waals surface area contributed by atoms with E-state index in [4.69, 9.17) is 9.47 Å². The molecule has 0 fully saturated rings. The third-order valence-corrected chi connectivity index (χ3v) is 4.85. The molecule has 2 rings (SSSR count). The van der Waals surface area contributed by atoms with Crippen LogP contribution < -0.4 is 9.47 Å². The molecule has 25 heavy (non-hydrogen) atoms. The molecule has 0 unspecified atom stereocenters. The van der Waals surface area contributed by atoms with Crippen LogP contribution in [0.4, 0.5) is 8.78 Å². The fourth-order valence-electron chi connectivity index (χ4n) is 2.05. The van der Waals surface area contributed by atoms with E-state index in [1.807, 2.05) is 0 Å². The molecule has 0 radical (unpaired) electrons. The van der Waals surface area contributed by atoms with Crippen molar-refractivity contribution in [2.45, 2.75) is 24.2 Å². The minimum Gasteiger partial charge on any atom is -0.493 e. The minimum absolute atomic E-state index is 0.0742. The van der Waals surface area contributed by atoms with Gasteiger partial charge in [-0.15, -0.1) is 0 Å². The number of ether oxygens (including phenoxy) is 2. The summed E-state index contributed by atoms with van der Waals surface area (Å²) in [6.07, 6.45) is 0. The zero-order chi connectivity index (χ0) is 18.6. The van der Waals surface area contributed by atoms with Crippen LogP contribution in [-0.4, -0.2) is 27.1 Å². The number of carbonyl (C=O) groups excluding carboxylic acids is 1. The number of carbonyl (C=O) groups is 1. The van der Waals surface area contributed by atoms with Crippen LogP contribution >= 0.6 is 0 Å². The summed E-state index contributed by atoms with van der Waals surface area (Å²) in [6, 6.07) is 9.74. The maximum Gasteiger partial charge on any atom is 0.341 e. The molecule has 0 spiro atoms. The lowest BCUT2D eigenvalue weighted by Crippen LogP contribution is -2.11. The molecule has 0 saturated carbocycles. The van der Waals surface area contributed by atoms with Crippen molar-refractivity contribution in [2.75, 3.05) is 7.11 Å². The predicted octanol–water partition coefficient (Wildman–Crippen LogP) is 3.47. The maximum atomic E-state index is 12.5. The number of rotatable bonds is 7. The quantitative estimate of drug-likeness (QED) is 0.698. The molecule has 0 bridgehead atoms. The van der Waals surface area contributed by atoms with E-state index in [1.165, 1.54) is 26.2 Å². The molecular weight excluding hydrogens is 354 g/mol. The van der Waals surface area contributed by atoms with Crippen LogP contribution in [0.3, 0.4) is 0 Å². The van der Waals surface area contributed by atoms with E-state index in [-0.39, 0.29) is 12.4 Å². The first-order valence-electron chi connectivity index (χ1n) is 7.18. The molecule has 0 heterocycles. The highest BCUT2D eigenvalue weighted by Crippen LogP contribution is 2.29. The molecule has 2 aromatic carbocycles. The smallest absolute Gasteiger partial charge is 0.341 e. The normalized spacial score (nSPS) is 11.4. The molecule has 0 atom stereocenters. The summed E-state index contributed by atoms with van der Waals surface area (Å²) in [4.78, 5) is 10.9. The van der Waals surface area contributed by atoms with Crippen molar-refractivity contribution in [2.24, 2.45) is 0 Å². The molecule has 8 heteroatoms. The fraction of sp³-hybridized carbons (Fsp3) is 0.235. The Morgan fingerprint density at radius 2 is 1.72 bits per heavy atom. The van der Waals surface area contributed by atoms with E-state index in [9.17, 15) is 22.0 Å². The zero-order valence-corrected chi connectivity index (χ0v) is 14.3. The fourth-order valence-corrected chi connectivity index (χ4v) is 2.77. The molecule has 5 nitrogen and oxygen atoms in total. The second kappa shape index (κ2) is 7.60. The van der Waals surface area contributed by atoms with Gasteiger partial charge in [-0.25, -0.2) is 8.42 Å². The lowest BCUT2D eigenvalue weighted by Gasteiger charge is -2.12. The van der Waals surface area contributed by atoms with Crippen molar-refractivity contribution >= 4 is 15.6 Å². The van der Waals surface area contributed by atoms with E-state index in [0.29, 0.717) is 22.6 Å². The highest BCUT2D eigenvalue weighted by molar-refractivity contribution is 7.91. The molecule has 0 aliphatic heterocycles. The van der Waals surface area contributed by atoms with Gasteiger partial charge in [-0.1, -0.05) is 12.1 Å². The van der Waals surface area contributed by atoms with Crippen molar-refractivity contribution in [1.29, 1.82) is 0 Å². The van der Waals surface area contributed by atoms with Crippen molar-refractivity contribution in [3.63, 3.8) is 0 Å². The van der Waals surface area contributed by atoms with Crippen molar-refractivity contribution < 1.29 is 31.5 Å². The van der Waals surface area contributed by atoms with Gasteiger partial charge >= 0.3 is 5.76 Å². The first-order valence-corrected chi connectivity index (χ1v) is 8.73. The summed E-state index contributed by atoms with van der Waals surface area (Å²) in [5.41, 5.74) is 1.07. The Hall–Kier alpha value is -2.48. The number of methoxy groups -OCH3 is 1. The number of benzene rings is 2. The standard InChI is InChI=1S/C17H16F2O5S/c1-11(20)13-5-8-15(16(9-13)23-2)24-10-12-3-6-14(7-4-12)25(21,22)17(18)19/h3-9,17H,10H2,1-2H3. The van der Waals surface area contributed by atoms with E-state index in [2.05, 4.69) is 0 Å². The van der Waals surface area contributed by atoms with Gasteiger partial charge in [0.25, 0.3) is 0 Å². The van der Waals surface area contributed by atoms with E-state index >= 15 is 0 Å². The van der Waals surface area contributed by atoms with E-state index in [1.54, 1.807) is 18.2 Å². The summed E-state index contributed by atoms with van der Waals surface area (Å²) in [5.74, 6) is -2.79. The zero-order valence-electron chi connectivity index (χ0n) is 13.5. The summed E-state index contributed by atoms with van der Waals surface area (Å²) in [5, 5.41) is 0. The number of hydrogen-bond acceptors (Lipinski definition) is 5. The van der Waals surface area contributed by atoms with Crippen LogP contribution in [0.1, 0.15) is 22.8 Å². The van der Waals surface area contributed by atoms with Crippen LogP contribution in [0.2, 0.25) is 0 Å². The van der Waals surface area contributed by atoms with Crippen LogP contribution in [0.5, 0.6) is 11.5 Å². The van der Waals surface area contributed by atoms with Crippen molar-refractivity contribution in [1.82, 2.24) is 0 Å². The van der Waals surface area contributed by atoms with Gasteiger partial charge in [-0.2, -0.15) is 8.78 Å². The largest absolute Gasteiger partial charge is 0.493 e. The molecular formula is C17H16F2O5S. The van der Waals surface area contributed by atoms with Gasteiger partial charge in [0, 0.05) is 5.56 Å². The number of Topliss-reactive ketones (excluding diaryl/α,β-unsaturated/α-hetero) is 1. The molecule has 0 aliphatic carbocycles. The second-order valence-electron chi connectivity index (χ2n) is 5.16. The molecule has 2 aromatic rings. The predicted molar refractivity (Wildman–Crippen MR) is 87.0 cm³/mol. The Kier molecular flexibility index (Phi) is 5.73. The maximum absolute atomic E-state index is 12.5. The van der Waals surface area contributed by atoms with E-state index < -0.39 is 20.5 Å². The minimum atomic E-state index is -4.61. The van der Waals surface area contributed by atoms with Crippen LogP contribution in [0, 0.1) is 0 Å². The number of halogens is 2. The second-order valence-corrected chi connectivity index (χ2v) is 7.08. The van der Waals surface area contributed by atoms with E-state index in [0.717, 1.165) is 12.1 Å². The number of alkyl halides is 2. The lowest BCUT2D eigenvalue weighted by atomic mass is 10.1. The topological polar surface area (TPSA) is 69.7 Å². The monoisotopic (exact) mass is 370 g/mol. The number of sulfone groups is 1. The summed E-state index contributed by atoms with van der Waals surface area (Å²) < 4.78 is 58.5. The average molecular weight is 370 g/mol. The van der Waals surface area contributed by atoms with Crippen molar-refractivity contribution in [3.05, 3.63) is 53.6 Å². The van der Waals surface area contributed by atoms with Gasteiger partial charge in [-0.05, 0) is 42.8 Å². The van der Waals surface area contributed by atoms with Gasteiger partial charge in [0.1, 0.15) is 6.61 Å². The third kappa shape index (κ3) is 4.33. The van der Waals surface area contributed by atoms with Gasteiger partial charge in [0.2, 0.25) is 9.84 Å². The first kappa shape index (κ1) is 18.9. The Labute approximate surface area is 144 Å². The molecule has 0 aromatic heterocycles. The lowest BCUT2D eigenvalue weighted by molar-refractivity contribution is 0.101. The molecule has 0 amide bonds. The Bertz CT molecular complexity index is 861. The van der Waals surface area contributed by atoms with Gasteiger partial charge in [0.05, 0.1) is 12.0 Å². The molecule has 0 N–H and O–H groups in total. The van der Waals surface area contributed by atoms with Gasteiger partial charge in [-0.3, -0.25) is 4.79 Å². The average Bonchev–Trinajstić information content (AvgIpc) is 2.59. The Morgan fingerprint density at radius 3 is 2.24 bits per heavy atom. The summed E-state index contributed by atoms with van der Waals surface area (Å²) >= 11 is 0. The number of ketones is 1. The van der Waals surface area contributed by atoms with Crippen LogP contribution in [0.25, 0.3) is 0 Å². The third-order valence-electron chi connectivity index (χ3n) is 3.45. The van der Waals surface area contributed by atoms with Gasteiger partial charge < -0.3 is 9.47 Å². The first-order chi connectivity index (χ1) is 11.8. The summed E-state index contributed by atoms with van der Waals surface area (Å²) in [6.45, 7) is 1.51. The van der Waals surface area contributed by atoms with Crippen LogP contribution in [0.15, 0.2) is 47.4 Å².